The van der Waals surface area contributed by atoms with Crippen LogP contribution in [-0.2, 0) is 0 Å². The monoisotopic (exact) mass is 716 g/mol. The second-order valence-electron chi connectivity index (χ2n) is 14.0. The Kier molecular flexibility index (Phi) is 7.42. The van der Waals surface area contributed by atoms with Gasteiger partial charge in [0.2, 0.25) is 0 Å². The molecular formula is C51H32N4O. The summed E-state index contributed by atoms with van der Waals surface area (Å²) in [5, 5.41) is 4.41. The van der Waals surface area contributed by atoms with E-state index in [1.807, 2.05) is 36.4 Å². The van der Waals surface area contributed by atoms with Crippen LogP contribution < -0.4 is 0 Å². The molecule has 0 amide bonds. The molecule has 0 fully saturated rings. The Balaban J connectivity index is 1.09. The van der Waals surface area contributed by atoms with Crippen LogP contribution in [0.3, 0.4) is 0 Å². The van der Waals surface area contributed by atoms with Crippen LogP contribution in [0.2, 0.25) is 0 Å². The molecule has 262 valence electrons. The van der Waals surface area contributed by atoms with E-state index in [0.29, 0.717) is 17.5 Å². The van der Waals surface area contributed by atoms with Gasteiger partial charge in [-0.1, -0.05) is 152 Å². The highest BCUT2D eigenvalue weighted by Crippen LogP contribution is 2.41. The fourth-order valence-corrected chi connectivity index (χ4v) is 7.96. The standard InChI is InChI=1S/C51H32N4O/c1-4-14-33(15-5-1)36-20-12-22-38(30-36)50-52-49(35-18-8-3-9-19-35)53-51(54-50)39-26-27-42-44-29-28-43-41-24-10-11-25-45(41)55(47(43)48(44)56-46(42)32-39)40-23-13-21-37(31-40)34-16-6-2-7-17-34/h1-32H. The second-order valence-corrected chi connectivity index (χ2v) is 14.0. The molecule has 0 aliphatic carbocycles. The van der Waals surface area contributed by atoms with Crippen molar-refractivity contribution in [1.29, 1.82) is 0 Å². The molecule has 11 rings (SSSR count). The van der Waals surface area contributed by atoms with Gasteiger partial charge >= 0.3 is 0 Å². The lowest BCUT2D eigenvalue weighted by Gasteiger charge is -2.10. The summed E-state index contributed by atoms with van der Waals surface area (Å²) in [5.74, 6) is 1.81. The van der Waals surface area contributed by atoms with Crippen LogP contribution in [0, 0.1) is 0 Å². The topological polar surface area (TPSA) is 56.7 Å². The maximum absolute atomic E-state index is 6.94. The number of para-hydroxylation sites is 1. The Bertz CT molecular complexity index is 3240. The fourth-order valence-electron chi connectivity index (χ4n) is 7.96. The molecule has 0 saturated heterocycles. The van der Waals surface area contributed by atoms with Gasteiger partial charge in [-0.15, -0.1) is 0 Å². The molecule has 0 unspecified atom stereocenters. The number of nitrogens with zero attached hydrogens (tertiary/aromatic N) is 4. The lowest BCUT2D eigenvalue weighted by Crippen LogP contribution is -2.00. The Morgan fingerprint density at radius 3 is 1.57 bits per heavy atom. The summed E-state index contributed by atoms with van der Waals surface area (Å²) in [7, 11) is 0. The number of hydrogen-bond donors (Lipinski definition) is 0. The zero-order chi connectivity index (χ0) is 37.0. The zero-order valence-electron chi connectivity index (χ0n) is 30.2. The van der Waals surface area contributed by atoms with E-state index < -0.39 is 0 Å². The van der Waals surface area contributed by atoms with Crippen molar-refractivity contribution >= 4 is 43.7 Å². The molecule has 56 heavy (non-hydrogen) atoms. The van der Waals surface area contributed by atoms with Crippen molar-refractivity contribution in [3.8, 4) is 62.1 Å². The van der Waals surface area contributed by atoms with E-state index in [9.17, 15) is 0 Å². The first-order chi connectivity index (χ1) is 27.7. The van der Waals surface area contributed by atoms with Gasteiger partial charge in [-0.05, 0) is 64.7 Å². The third kappa shape index (κ3) is 5.37. The molecule has 0 bridgehead atoms. The van der Waals surface area contributed by atoms with E-state index in [0.717, 1.165) is 77.4 Å². The van der Waals surface area contributed by atoms with Gasteiger partial charge in [0, 0.05) is 43.9 Å². The van der Waals surface area contributed by atoms with Crippen LogP contribution in [0.15, 0.2) is 199 Å². The van der Waals surface area contributed by atoms with Gasteiger partial charge in [0.15, 0.2) is 23.1 Å². The van der Waals surface area contributed by atoms with E-state index in [4.69, 9.17) is 19.4 Å². The SMILES string of the molecule is c1ccc(-c2cccc(-c3nc(-c4ccccc4)nc(-c4ccc5c(c4)oc4c5ccc5c6ccccc6n(-c6cccc(-c7ccccc7)c6)c54)n3)c2)cc1. The minimum Gasteiger partial charge on any atom is -0.454 e. The summed E-state index contributed by atoms with van der Waals surface area (Å²) in [6, 6.07) is 67.4. The predicted octanol–water partition coefficient (Wildman–Crippen LogP) is 13.2. The van der Waals surface area contributed by atoms with Gasteiger partial charge in [-0.3, -0.25) is 0 Å². The number of furan rings is 1. The minimum absolute atomic E-state index is 0.582. The predicted molar refractivity (Wildman–Crippen MR) is 229 cm³/mol. The first kappa shape index (κ1) is 31.9. The summed E-state index contributed by atoms with van der Waals surface area (Å²) < 4.78 is 9.28. The van der Waals surface area contributed by atoms with Crippen molar-refractivity contribution in [2.45, 2.75) is 0 Å². The number of fused-ring (bicyclic) bond motifs is 7. The van der Waals surface area contributed by atoms with Crippen molar-refractivity contribution in [3.63, 3.8) is 0 Å². The fraction of sp³-hybridized carbons (Fsp3) is 0. The van der Waals surface area contributed by atoms with Crippen molar-refractivity contribution < 1.29 is 4.42 Å². The summed E-state index contributed by atoms with van der Waals surface area (Å²) in [6.45, 7) is 0. The average molecular weight is 717 g/mol. The molecule has 3 heterocycles. The van der Waals surface area contributed by atoms with Crippen molar-refractivity contribution in [2.75, 3.05) is 0 Å². The molecule has 0 atom stereocenters. The maximum atomic E-state index is 6.94. The molecule has 5 nitrogen and oxygen atoms in total. The van der Waals surface area contributed by atoms with Gasteiger partial charge in [-0.2, -0.15) is 0 Å². The number of rotatable bonds is 6. The summed E-state index contributed by atoms with van der Waals surface area (Å²) in [6.07, 6.45) is 0. The molecule has 3 aromatic heterocycles. The first-order valence-corrected chi connectivity index (χ1v) is 18.8. The second kappa shape index (κ2) is 13.0. The molecule has 11 aromatic rings. The first-order valence-electron chi connectivity index (χ1n) is 18.8. The smallest absolute Gasteiger partial charge is 0.164 e. The number of aromatic nitrogens is 4. The maximum Gasteiger partial charge on any atom is 0.164 e. The third-order valence-corrected chi connectivity index (χ3v) is 10.6. The molecule has 0 spiro atoms. The molecule has 0 N–H and O–H groups in total. The molecule has 0 aliphatic heterocycles. The normalized spacial score (nSPS) is 11.6. The van der Waals surface area contributed by atoms with Gasteiger partial charge < -0.3 is 8.98 Å². The van der Waals surface area contributed by atoms with Crippen LogP contribution in [0.4, 0.5) is 0 Å². The quantitative estimate of drug-likeness (QED) is 0.172. The van der Waals surface area contributed by atoms with Crippen molar-refractivity contribution in [1.82, 2.24) is 19.5 Å². The lowest BCUT2D eigenvalue weighted by atomic mass is 10.0. The molecule has 0 aliphatic rings. The van der Waals surface area contributed by atoms with Crippen LogP contribution >= 0.6 is 0 Å². The van der Waals surface area contributed by atoms with Crippen molar-refractivity contribution in [3.05, 3.63) is 194 Å². The molecule has 0 saturated carbocycles. The largest absolute Gasteiger partial charge is 0.454 e. The summed E-state index contributed by atoms with van der Waals surface area (Å²) in [4.78, 5) is 15.1. The average Bonchev–Trinajstić information content (AvgIpc) is 3.83. The van der Waals surface area contributed by atoms with E-state index in [2.05, 4.69) is 162 Å². The highest BCUT2D eigenvalue weighted by molar-refractivity contribution is 6.21. The summed E-state index contributed by atoms with van der Waals surface area (Å²) in [5.41, 5.74) is 12.1. The van der Waals surface area contributed by atoms with E-state index in [-0.39, 0.29) is 0 Å². The molecule has 8 aromatic carbocycles. The van der Waals surface area contributed by atoms with Crippen LogP contribution in [-0.4, -0.2) is 19.5 Å². The zero-order valence-corrected chi connectivity index (χ0v) is 30.2. The number of benzene rings is 8. The van der Waals surface area contributed by atoms with Crippen LogP contribution in [0.25, 0.3) is 106 Å². The van der Waals surface area contributed by atoms with E-state index in [1.165, 1.54) is 10.9 Å². The van der Waals surface area contributed by atoms with Crippen LogP contribution in [0.5, 0.6) is 0 Å². The molecule has 5 heteroatoms. The highest BCUT2D eigenvalue weighted by Gasteiger charge is 2.20. The summed E-state index contributed by atoms with van der Waals surface area (Å²) >= 11 is 0. The molecule has 0 radical (unpaired) electrons. The van der Waals surface area contributed by atoms with Gasteiger partial charge in [0.1, 0.15) is 5.58 Å². The van der Waals surface area contributed by atoms with Gasteiger partial charge in [0.25, 0.3) is 0 Å². The van der Waals surface area contributed by atoms with Gasteiger partial charge in [0.05, 0.1) is 11.0 Å². The Morgan fingerprint density at radius 1 is 0.339 bits per heavy atom. The van der Waals surface area contributed by atoms with E-state index in [1.54, 1.807) is 0 Å². The Labute approximate surface area is 322 Å². The lowest BCUT2D eigenvalue weighted by molar-refractivity contribution is 0.671. The van der Waals surface area contributed by atoms with E-state index >= 15 is 0 Å². The van der Waals surface area contributed by atoms with Crippen LogP contribution in [0.1, 0.15) is 0 Å². The Morgan fingerprint density at radius 2 is 0.857 bits per heavy atom. The third-order valence-electron chi connectivity index (χ3n) is 10.6. The minimum atomic E-state index is 0.582. The number of hydrogen-bond acceptors (Lipinski definition) is 4. The highest BCUT2D eigenvalue weighted by atomic mass is 16.3. The van der Waals surface area contributed by atoms with Crippen molar-refractivity contribution in [2.24, 2.45) is 0 Å². The Hall–Kier alpha value is -7.63. The molecular weight excluding hydrogens is 685 g/mol. The van der Waals surface area contributed by atoms with Gasteiger partial charge in [-0.25, -0.2) is 15.0 Å².